The van der Waals surface area contributed by atoms with Gasteiger partial charge >= 0.3 is 6.18 Å². The molecule has 0 radical (unpaired) electrons. The first-order chi connectivity index (χ1) is 11.4. The van der Waals surface area contributed by atoms with E-state index in [-0.39, 0.29) is 30.5 Å². The number of hydrogen-bond acceptors (Lipinski definition) is 4. The molecule has 5 nitrogen and oxygen atoms in total. The van der Waals surface area contributed by atoms with Crippen molar-refractivity contribution in [2.45, 2.75) is 44.9 Å². The van der Waals surface area contributed by atoms with Gasteiger partial charge in [-0.1, -0.05) is 6.92 Å². The van der Waals surface area contributed by atoms with Crippen LogP contribution in [-0.2, 0) is 12.7 Å². The van der Waals surface area contributed by atoms with Crippen molar-refractivity contribution in [3.8, 4) is 0 Å². The van der Waals surface area contributed by atoms with Crippen LogP contribution in [0.4, 0.5) is 13.2 Å². The summed E-state index contributed by atoms with van der Waals surface area (Å²) in [5.74, 6) is 0.580. The summed E-state index contributed by atoms with van der Waals surface area (Å²) in [5, 5.41) is 7.70. The fourth-order valence-corrected chi connectivity index (χ4v) is 3.50. The van der Waals surface area contributed by atoms with Gasteiger partial charge in [-0.2, -0.15) is 13.2 Å². The standard InChI is InChI=1S/C15H24F3N5S.HI/c1-3-11(23-6-4-5-7-23)8-20-14(19-2)21-9-13-22-12(10-24-13)15(16,17)18;/h10-11H,3-9H2,1-2H3,(H2,19,20,21);1H. The smallest absolute Gasteiger partial charge is 0.355 e. The van der Waals surface area contributed by atoms with Crippen LogP contribution in [0.3, 0.4) is 0 Å². The molecule has 0 bridgehead atoms. The summed E-state index contributed by atoms with van der Waals surface area (Å²) in [6, 6.07) is 0.447. The van der Waals surface area contributed by atoms with Crippen molar-refractivity contribution in [2.75, 3.05) is 26.7 Å². The third-order valence-electron chi connectivity index (χ3n) is 4.11. The number of likely N-dealkylation sites (tertiary alicyclic amines) is 1. The van der Waals surface area contributed by atoms with E-state index >= 15 is 0 Å². The van der Waals surface area contributed by atoms with Crippen LogP contribution in [0.1, 0.15) is 36.9 Å². The topological polar surface area (TPSA) is 52.6 Å². The molecule has 1 saturated heterocycles. The summed E-state index contributed by atoms with van der Waals surface area (Å²) in [5.41, 5.74) is -0.840. The third-order valence-corrected chi connectivity index (χ3v) is 4.96. The van der Waals surface area contributed by atoms with Crippen LogP contribution in [0.25, 0.3) is 0 Å². The van der Waals surface area contributed by atoms with Gasteiger partial charge in [-0.05, 0) is 32.4 Å². The molecule has 0 aromatic carbocycles. The number of rotatable bonds is 6. The number of guanidine groups is 1. The Kier molecular flexibility index (Phi) is 9.43. The number of aromatic nitrogens is 1. The summed E-state index contributed by atoms with van der Waals surface area (Å²) in [4.78, 5) is 10.2. The zero-order chi connectivity index (χ0) is 17.6. The number of hydrogen-bond donors (Lipinski definition) is 2. The molecule has 1 atom stereocenters. The van der Waals surface area contributed by atoms with Gasteiger partial charge in [0.2, 0.25) is 0 Å². The van der Waals surface area contributed by atoms with E-state index < -0.39 is 11.9 Å². The molecular weight excluding hydrogens is 466 g/mol. The molecule has 0 amide bonds. The van der Waals surface area contributed by atoms with Gasteiger partial charge < -0.3 is 10.6 Å². The van der Waals surface area contributed by atoms with E-state index in [1.54, 1.807) is 7.05 Å². The Morgan fingerprint density at radius 2 is 2.04 bits per heavy atom. The quantitative estimate of drug-likeness (QED) is 0.365. The molecule has 0 aliphatic carbocycles. The van der Waals surface area contributed by atoms with Crippen molar-refractivity contribution in [3.05, 3.63) is 16.1 Å². The van der Waals surface area contributed by atoms with Gasteiger partial charge in [0.1, 0.15) is 5.01 Å². The highest BCUT2D eigenvalue weighted by atomic mass is 127. The largest absolute Gasteiger partial charge is 0.434 e. The van der Waals surface area contributed by atoms with Crippen LogP contribution < -0.4 is 10.6 Å². The Labute approximate surface area is 167 Å². The van der Waals surface area contributed by atoms with Crippen molar-refractivity contribution in [2.24, 2.45) is 4.99 Å². The van der Waals surface area contributed by atoms with Crippen molar-refractivity contribution in [3.63, 3.8) is 0 Å². The highest BCUT2D eigenvalue weighted by molar-refractivity contribution is 14.0. The van der Waals surface area contributed by atoms with E-state index in [1.807, 2.05) is 0 Å². The molecule has 0 spiro atoms. The summed E-state index contributed by atoms with van der Waals surface area (Å²) in [6.07, 6.45) is -0.853. The average molecular weight is 491 g/mol. The zero-order valence-electron chi connectivity index (χ0n) is 14.4. The van der Waals surface area contributed by atoms with Crippen LogP contribution in [0.15, 0.2) is 10.4 Å². The van der Waals surface area contributed by atoms with E-state index in [2.05, 4.69) is 32.4 Å². The number of nitrogens with one attached hydrogen (secondary N) is 2. The minimum Gasteiger partial charge on any atom is -0.355 e. The lowest BCUT2D eigenvalue weighted by Crippen LogP contribution is -2.46. The molecule has 2 rings (SSSR count). The van der Waals surface area contributed by atoms with E-state index in [4.69, 9.17) is 0 Å². The molecule has 2 heterocycles. The monoisotopic (exact) mass is 491 g/mol. The normalized spacial score (nSPS) is 17.2. The summed E-state index contributed by atoms with van der Waals surface area (Å²) >= 11 is 0.994. The number of thiazole rings is 1. The molecule has 10 heteroatoms. The van der Waals surface area contributed by atoms with Crippen LogP contribution in [0.2, 0.25) is 0 Å². The lowest BCUT2D eigenvalue weighted by Gasteiger charge is -2.27. The maximum atomic E-state index is 12.5. The molecule has 2 N–H and O–H groups in total. The van der Waals surface area contributed by atoms with Gasteiger partial charge in [-0.15, -0.1) is 35.3 Å². The minimum atomic E-state index is -4.39. The maximum absolute atomic E-state index is 12.5. The lowest BCUT2D eigenvalue weighted by molar-refractivity contribution is -0.140. The van der Waals surface area contributed by atoms with Gasteiger partial charge in [0.15, 0.2) is 11.7 Å². The zero-order valence-corrected chi connectivity index (χ0v) is 17.5. The molecule has 0 saturated carbocycles. The van der Waals surface area contributed by atoms with Crippen LogP contribution in [0.5, 0.6) is 0 Å². The summed E-state index contributed by atoms with van der Waals surface area (Å²) in [6.45, 7) is 5.41. The Morgan fingerprint density at radius 3 is 2.56 bits per heavy atom. The first kappa shape index (κ1) is 22.4. The fourth-order valence-electron chi connectivity index (χ4n) is 2.76. The number of nitrogens with zero attached hydrogens (tertiary/aromatic N) is 3. The van der Waals surface area contributed by atoms with Crippen LogP contribution in [0, 0.1) is 0 Å². The Bertz CT molecular complexity index is 544. The second-order valence-electron chi connectivity index (χ2n) is 5.74. The first-order valence-corrected chi connectivity index (χ1v) is 9.02. The van der Waals surface area contributed by atoms with Crippen molar-refractivity contribution >= 4 is 41.3 Å². The first-order valence-electron chi connectivity index (χ1n) is 8.14. The van der Waals surface area contributed by atoms with E-state index in [9.17, 15) is 13.2 Å². The average Bonchev–Trinajstić information content (AvgIpc) is 3.21. The van der Waals surface area contributed by atoms with Crippen molar-refractivity contribution < 1.29 is 13.2 Å². The predicted molar refractivity (Wildman–Crippen MR) is 106 cm³/mol. The predicted octanol–water partition coefficient (Wildman–Crippen LogP) is 3.32. The van der Waals surface area contributed by atoms with Crippen LogP contribution in [-0.4, -0.2) is 48.6 Å². The van der Waals surface area contributed by atoms with Crippen molar-refractivity contribution in [1.29, 1.82) is 0 Å². The number of aliphatic imine (C=N–C) groups is 1. The Hall–Kier alpha value is -0.620. The van der Waals surface area contributed by atoms with Crippen LogP contribution >= 0.6 is 35.3 Å². The summed E-state index contributed by atoms with van der Waals surface area (Å²) < 4.78 is 37.6. The SMILES string of the molecule is CCC(CNC(=NC)NCc1nc(C(F)(F)F)cs1)N1CCCC1.I. The van der Waals surface area contributed by atoms with Gasteiger partial charge in [-0.25, -0.2) is 4.98 Å². The second-order valence-corrected chi connectivity index (χ2v) is 6.68. The number of alkyl halides is 3. The molecule has 1 aliphatic rings. The van der Waals surface area contributed by atoms with Gasteiger partial charge in [-0.3, -0.25) is 9.89 Å². The van der Waals surface area contributed by atoms with E-state index in [0.717, 1.165) is 42.8 Å². The Balaban J connectivity index is 0.00000312. The second kappa shape index (κ2) is 10.5. The molecular formula is C15H25F3IN5S. The Morgan fingerprint density at radius 1 is 1.36 bits per heavy atom. The maximum Gasteiger partial charge on any atom is 0.434 e. The molecule has 1 fully saturated rings. The number of halogens is 4. The molecule has 1 aromatic rings. The van der Waals surface area contributed by atoms with E-state index in [1.165, 1.54) is 12.8 Å². The highest BCUT2D eigenvalue weighted by Gasteiger charge is 2.33. The molecule has 1 aromatic heterocycles. The highest BCUT2D eigenvalue weighted by Crippen LogP contribution is 2.29. The minimum absolute atomic E-state index is 0. The third kappa shape index (κ3) is 6.89. The molecule has 1 unspecified atom stereocenters. The van der Waals surface area contributed by atoms with Gasteiger partial charge in [0.25, 0.3) is 0 Å². The molecule has 25 heavy (non-hydrogen) atoms. The fraction of sp³-hybridized carbons (Fsp3) is 0.733. The summed E-state index contributed by atoms with van der Waals surface area (Å²) in [7, 11) is 1.65. The van der Waals surface area contributed by atoms with Gasteiger partial charge in [0.05, 0.1) is 6.54 Å². The van der Waals surface area contributed by atoms with E-state index in [0.29, 0.717) is 17.0 Å². The van der Waals surface area contributed by atoms with Gasteiger partial charge in [0, 0.05) is 25.0 Å². The van der Waals surface area contributed by atoms with Crippen molar-refractivity contribution in [1.82, 2.24) is 20.5 Å². The lowest BCUT2D eigenvalue weighted by atomic mass is 10.2. The molecule has 144 valence electrons. The molecule has 1 aliphatic heterocycles.